The van der Waals surface area contributed by atoms with E-state index in [0.29, 0.717) is 5.92 Å². The Balaban J connectivity index is 1.73. The molecule has 0 saturated heterocycles. The summed E-state index contributed by atoms with van der Waals surface area (Å²) in [6, 6.07) is 8.19. The molecule has 1 aliphatic carbocycles. The number of carbonyl (C=O) groups excluding carboxylic acids is 1. The average Bonchev–Trinajstić information content (AvgIpc) is 2.48. The molecular formula is C17H24N2O2. The molecule has 1 amide bonds. The molecule has 0 spiro atoms. The molecule has 2 atom stereocenters. The Morgan fingerprint density at radius 1 is 1.38 bits per heavy atom. The first-order chi connectivity index (χ1) is 10.2. The number of amides is 1. The van der Waals surface area contributed by atoms with E-state index in [2.05, 4.69) is 17.4 Å². The van der Waals surface area contributed by atoms with Crippen molar-refractivity contribution in [3.63, 3.8) is 0 Å². The van der Waals surface area contributed by atoms with Crippen LogP contribution in [0, 0.1) is 12.8 Å². The number of nitrogens with zero attached hydrogens (tertiary/aromatic N) is 1. The van der Waals surface area contributed by atoms with Crippen LogP contribution in [0.1, 0.15) is 43.7 Å². The Hall–Kier alpha value is -1.84. The first-order valence-electron chi connectivity index (χ1n) is 7.67. The van der Waals surface area contributed by atoms with Gasteiger partial charge < -0.3 is 10.2 Å². The number of nitrogens with one attached hydrogen (secondary N) is 1. The molecule has 1 aliphatic rings. The Labute approximate surface area is 126 Å². The summed E-state index contributed by atoms with van der Waals surface area (Å²) >= 11 is 0. The Kier molecular flexibility index (Phi) is 5.78. The molecule has 1 saturated carbocycles. The lowest BCUT2D eigenvalue weighted by Crippen LogP contribution is -2.42. The van der Waals surface area contributed by atoms with Crippen molar-refractivity contribution in [1.29, 1.82) is 0 Å². The smallest absolute Gasteiger partial charge is 0.261 e. The summed E-state index contributed by atoms with van der Waals surface area (Å²) in [5, 5.41) is 6.91. The van der Waals surface area contributed by atoms with Crippen LogP contribution in [0.15, 0.2) is 29.4 Å². The van der Waals surface area contributed by atoms with Crippen molar-refractivity contribution in [3.05, 3.63) is 35.4 Å². The third-order valence-electron chi connectivity index (χ3n) is 4.11. The maximum absolute atomic E-state index is 11.8. The Morgan fingerprint density at radius 2 is 2.14 bits per heavy atom. The van der Waals surface area contributed by atoms with E-state index in [9.17, 15) is 4.79 Å². The van der Waals surface area contributed by atoms with E-state index in [1.165, 1.54) is 19.3 Å². The van der Waals surface area contributed by atoms with Gasteiger partial charge in [0.2, 0.25) is 0 Å². The predicted octanol–water partition coefficient (Wildman–Crippen LogP) is 3.04. The normalized spacial score (nSPS) is 22.2. The van der Waals surface area contributed by atoms with Gasteiger partial charge in [-0.3, -0.25) is 4.79 Å². The number of hydrogen-bond acceptors (Lipinski definition) is 3. The summed E-state index contributed by atoms with van der Waals surface area (Å²) in [5.41, 5.74) is 2.13. The van der Waals surface area contributed by atoms with Gasteiger partial charge in [-0.25, -0.2) is 0 Å². The largest absolute Gasteiger partial charge is 0.386 e. The van der Waals surface area contributed by atoms with Gasteiger partial charge in [0.15, 0.2) is 6.61 Å². The third-order valence-corrected chi connectivity index (χ3v) is 4.11. The highest BCUT2D eigenvalue weighted by atomic mass is 16.6. The molecule has 1 aromatic carbocycles. The first kappa shape index (κ1) is 15.5. The van der Waals surface area contributed by atoms with Gasteiger partial charge in [0, 0.05) is 6.04 Å². The monoisotopic (exact) mass is 288 g/mol. The van der Waals surface area contributed by atoms with Crippen molar-refractivity contribution in [3.8, 4) is 0 Å². The van der Waals surface area contributed by atoms with Crippen LogP contribution in [-0.4, -0.2) is 24.8 Å². The number of oxime groups is 1. The van der Waals surface area contributed by atoms with Gasteiger partial charge in [-0.15, -0.1) is 0 Å². The van der Waals surface area contributed by atoms with Gasteiger partial charge >= 0.3 is 0 Å². The molecule has 0 bridgehead atoms. The maximum atomic E-state index is 11.8. The summed E-state index contributed by atoms with van der Waals surface area (Å²) in [4.78, 5) is 16.9. The highest BCUT2D eigenvalue weighted by Gasteiger charge is 2.22. The van der Waals surface area contributed by atoms with Crippen molar-refractivity contribution in [1.82, 2.24) is 5.32 Å². The van der Waals surface area contributed by atoms with Crippen LogP contribution in [0.3, 0.4) is 0 Å². The standard InChI is InChI=1S/C17H24N2O2/c1-13-7-3-5-9-15(13)11-18-21-12-17(20)19-16-10-6-4-8-14(16)2/h3,5,7,9,11,14,16H,4,6,8,10,12H2,1-2H3,(H,19,20)/b18-11-/t14-,16-/m1/s1. The third kappa shape index (κ3) is 4.88. The molecular weight excluding hydrogens is 264 g/mol. The van der Waals surface area contributed by atoms with Gasteiger partial charge in [0.05, 0.1) is 6.21 Å². The summed E-state index contributed by atoms with van der Waals surface area (Å²) in [6.07, 6.45) is 6.37. The zero-order chi connectivity index (χ0) is 15.1. The molecule has 2 rings (SSSR count). The van der Waals surface area contributed by atoms with Crippen LogP contribution in [0.2, 0.25) is 0 Å². The zero-order valence-corrected chi connectivity index (χ0v) is 12.8. The van der Waals surface area contributed by atoms with Crippen molar-refractivity contribution in [2.24, 2.45) is 11.1 Å². The van der Waals surface area contributed by atoms with Crippen molar-refractivity contribution >= 4 is 12.1 Å². The van der Waals surface area contributed by atoms with E-state index in [1.54, 1.807) is 6.21 Å². The van der Waals surface area contributed by atoms with Gasteiger partial charge in [-0.05, 0) is 36.8 Å². The summed E-state index contributed by atoms with van der Waals surface area (Å²) in [7, 11) is 0. The molecule has 0 unspecified atom stereocenters. The second-order valence-electron chi connectivity index (χ2n) is 5.80. The molecule has 0 radical (unpaired) electrons. The fourth-order valence-corrected chi connectivity index (χ4v) is 2.70. The maximum Gasteiger partial charge on any atom is 0.261 e. The van der Waals surface area contributed by atoms with Crippen LogP contribution in [0.4, 0.5) is 0 Å². The second kappa shape index (κ2) is 7.81. The van der Waals surface area contributed by atoms with E-state index in [-0.39, 0.29) is 18.6 Å². The molecule has 0 aromatic heterocycles. The summed E-state index contributed by atoms with van der Waals surface area (Å²) in [5.74, 6) is 0.467. The van der Waals surface area contributed by atoms with Crippen LogP contribution in [0.5, 0.6) is 0 Å². The topological polar surface area (TPSA) is 50.7 Å². The highest BCUT2D eigenvalue weighted by molar-refractivity contribution is 5.81. The quantitative estimate of drug-likeness (QED) is 0.669. The molecule has 4 nitrogen and oxygen atoms in total. The minimum atomic E-state index is -0.0873. The molecule has 1 aromatic rings. The van der Waals surface area contributed by atoms with Gasteiger partial charge in [0.1, 0.15) is 0 Å². The van der Waals surface area contributed by atoms with Crippen LogP contribution in [0.25, 0.3) is 0 Å². The van der Waals surface area contributed by atoms with Crippen molar-refractivity contribution in [2.75, 3.05) is 6.61 Å². The summed E-state index contributed by atoms with van der Waals surface area (Å²) in [6.45, 7) is 4.19. The minimum absolute atomic E-state index is 0.0222. The number of carbonyl (C=O) groups is 1. The number of aryl methyl sites for hydroxylation is 1. The van der Waals surface area contributed by atoms with Crippen molar-refractivity contribution in [2.45, 2.75) is 45.6 Å². The zero-order valence-electron chi connectivity index (χ0n) is 12.8. The molecule has 1 N–H and O–H groups in total. The van der Waals surface area contributed by atoms with Gasteiger partial charge in [-0.2, -0.15) is 0 Å². The van der Waals surface area contributed by atoms with E-state index in [4.69, 9.17) is 4.84 Å². The molecule has 0 aliphatic heterocycles. The SMILES string of the molecule is Cc1ccccc1/C=N\OCC(=O)N[C@@H]1CCCC[C@H]1C. The van der Waals surface area contributed by atoms with Crippen LogP contribution >= 0.6 is 0 Å². The summed E-state index contributed by atoms with van der Waals surface area (Å²) < 4.78 is 0. The number of benzene rings is 1. The van der Waals surface area contributed by atoms with Gasteiger partial charge in [-0.1, -0.05) is 49.2 Å². The van der Waals surface area contributed by atoms with E-state index >= 15 is 0 Å². The average molecular weight is 288 g/mol. The number of hydrogen-bond donors (Lipinski definition) is 1. The van der Waals surface area contributed by atoms with Gasteiger partial charge in [0.25, 0.3) is 5.91 Å². The molecule has 21 heavy (non-hydrogen) atoms. The molecule has 1 fully saturated rings. The Morgan fingerprint density at radius 3 is 2.90 bits per heavy atom. The molecule has 4 heteroatoms. The molecule has 114 valence electrons. The van der Waals surface area contributed by atoms with E-state index in [0.717, 1.165) is 17.5 Å². The number of rotatable bonds is 5. The highest BCUT2D eigenvalue weighted by Crippen LogP contribution is 2.23. The minimum Gasteiger partial charge on any atom is -0.386 e. The Bertz CT molecular complexity index is 499. The lowest BCUT2D eigenvalue weighted by Gasteiger charge is -2.29. The van der Waals surface area contributed by atoms with Crippen LogP contribution < -0.4 is 5.32 Å². The first-order valence-corrected chi connectivity index (χ1v) is 7.67. The predicted molar refractivity (Wildman–Crippen MR) is 84.3 cm³/mol. The second-order valence-corrected chi connectivity index (χ2v) is 5.80. The van der Waals surface area contributed by atoms with Crippen molar-refractivity contribution < 1.29 is 9.63 Å². The van der Waals surface area contributed by atoms with E-state index in [1.807, 2.05) is 31.2 Å². The fourth-order valence-electron chi connectivity index (χ4n) is 2.70. The fraction of sp³-hybridized carbons (Fsp3) is 0.529. The lowest BCUT2D eigenvalue weighted by atomic mass is 9.86. The lowest BCUT2D eigenvalue weighted by molar-refractivity contribution is -0.126. The van der Waals surface area contributed by atoms with E-state index < -0.39 is 0 Å². The van der Waals surface area contributed by atoms with Crippen LogP contribution in [-0.2, 0) is 9.63 Å². The molecule has 0 heterocycles.